The van der Waals surface area contributed by atoms with E-state index < -0.39 is 11.9 Å². The first-order valence-electron chi connectivity index (χ1n) is 5.55. The SMILES string of the molecule is FC(F)(F)CSc1ccccc1C1CCNC1. The molecule has 1 aromatic rings. The van der Waals surface area contributed by atoms with Crippen LogP contribution in [0.2, 0.25) is 0 Å². The van der Waals surface area contributed by atoms with Gasteiger partial charge in [-0.3, -0.25) is 0 Å². The van der Waals surface area contributed by atoms with Gasteiger partial charge in [-0.15, -0.1) is 11.8 Å². The smallest absolute Gasteiger partial charge is 0.316 e. The maximum atomic E-state index is 12.2. The first kappa shape index (κ1) is 12.8. The summed E-state index contributed by atoms with van der Waals surface area (Å²) < 4.78 is 36.7. The molecule has 1 aliphatic heterocycles. The molecule has 1 aromatic carbocycles. The molecule has 0 aromatic heterocycles. The van der Waals surface area contributed by atoms with E-state index in [0.29, 0.717) is 5.92 Å². The van der Waals surface area contributed by atoms with Gasteiger partial charge in [-0.2, -0.15) is 13.2 Å². The lowest BCUT2D eigenvalue weighted by atomic mass is 9.99. The van der Waals surface area contributed by atoms with E-state index in [1.165, 1.54) is 0 Å². The minimum Gasteiger partial charge on any atom is -0.316 e. The summed E-state index contributed by atoms with van der Waals surface area (Å²) in [7, 11) is 0. The zero-order chi connectivity index (χ0) is 12.3. The predicted octanol–water partition coefficient (Wildman–Crippen LogP) is 3.42. The van der Waals surface area contributed by atoms with Crippen LogP contribution in [0, 0.1) is 0 Å². The van der Waals surface area contributed by atoms with Crippen molar-refractivity contribution in [3.63, 3.8) is 0 Å². The van der Waals surface area contributed by atoms with Gasteiger partial charge in [0.05, 0.1) is 5.75 Å². The minimum atomic E-state index is -4.11. The Bertz CT molecular complexity index is 372. The van der Waals surface area contributed by atoms with Crippen molar-refractivity contribution in [3.8, 4) is 0 Å². The van der Waals surface area contributed by atoms with Gasteiger partial charge in [-0.1, -0.05) is 18.2 Å². The van der Waals surface area contributed by atoms with Crippen LogP contribution in [-0.2, 0) is 0 Å². The maximum Gasteiger partial charge on any atom is 0.398 e. The molecule has 1 heterocycles. The summed E-state index contributed by atoms with van der Waals surface area (Å²) in [5.41, 5.74) is 1.05. The van der Waals surface area contributed by atoms with Crippen LogP contribution in [0.5, 0.6) is 0 Å². The van der Waals surface area contributed by atoms with Crippen LogP contribution < -0.4 is 5.32 Å². The molecule has 0 saturated carbocycles. The predicted molar refractivity (Wildman–Crippen MR) is 63.4 cm³/mol. The van der Waals surface area contributed by atoms with Crippen molar-refractivity contribution in [2.75, 3.05) is 18.8 Å². The lowest BCUT2D eigenvalue weighted by molar-refractivity contribution is -0.105. The van der Waals surface area contributed by atoms with Gasteiger partial charge in [0.2, 0.25) is 0 Å². The number of rotatable bonds is 3. The Balaban J connectivity index is 2.10. The van der Waals surface area contributed by atoms with Crippen molar-refractivity contribution in [3.05, 3.63) is 29.8 Å². The highest BCUT2D eigenvalue weighted by Gasteiger charge is 2.28. The molecule has 0 aliphatic carbocycles. The van der Waals surface area contributed by atoms with Crippen LogP contribution in [0.15, 0.2) is 29.2 Å². The fourth-order valence-corrected chi connectivity index (χ4v) is 2.92. The van der Waals surface area contributed by atoms with Gasteiger partial charge in [0.1, 0.15) is 0 Å². The highest BCUT2D eigenvalue weighted by molar-refractivity contribution is 7.99. The zero-order valence-electron chi connectivity index (χ0n) is 9.26. The maximum absolute atomic E-state index is 12.2. The largest absolute Gasteiger partial charge is 0.398 e. The summed E-state index contributed by atoms with van der Waals surface area (Å²) in [6.45, 7) is 1.81. The van der Waals surface area contributed by atoms with Crippen LogP contribution >= 0.6 is 11.8 Å². The average molecular weight is 261 g/mol. The monoisotopic (exact) mass is 261 g/mol. The summed E-state index contributed by atoms with van der Waals surface area (Å²) in [6, 6.07) is 7.41. The second-order valence-corrected chi connectivity index (χ2v) is 5.15. The van der Waals surface area contributed by atoms with Crippen molar-refractivity contribution in [1.29, 1.82) is 0 Å². The van der Waals surface area contributed by atoms with E-state index in [1.54, 1.807) is 12.1 Å². The van der Waals surface area contributed by atoms with E-state index in [4.69, 9.17) is 0 Å². The third kappa shape index (κ3) is 3.64. The van der Waals surface area contributed by atoms with Crippen molar-refractivity contribution < 1.29 is 13.2 Å². The van der Waals surface area contributed by atoms with Crippen LogP contribution in [0.25, 0.3) is 0 Å². The molecule has 17 heavy (non-hydrogen) atoms. The van der Waals surface area contributed by atoms with Crippen molar-refractivity contribution in [2.45, 2.75) is 23.4 Å². The molecule has 1 nitrogen and oxygen atoms in total. The standard InChI is InChI=1S/C12H14F3NS/c13-12(14,15)8-17-11-4-2-1-3-10(11)9-5-6-16-7-9/h1-4,9,16H,5-8H2. The van der Waals surface area contributed by atoms with E-state index in [2.05, 4.69) is 5.32 Å². The third-order valence-electron chi connectivity index (χ3n) is 2.81. The summed E-state index contributed by atoms with van der Waals surface area (Å²) in [5, 5.41) is 3.24. The summed E-state index contributed by atoms with van der Waals surface area (Å²) in [6.07, 6.45) is -3.10. The normalized spacial score (nSPS) is 20.8. The Kier molecular flexibility index (Phi) is 3.99. The molecule has 0 amide bonds. The van der Waals surface area contributed by atoms with E-state index in [-0.39, 0.29) is 0 Å². The fourth-order valence-electron chi connectivity index (χ4n) is 2.03. The molecule has 1 fully saturated rings. The summed E-state index contributed by atoms with van der Waals surface area (Å²) in [5.74, 6) is -0.462. The second kappa shape index (κ2) is 5.31. The van der Waals surface area contributed by atoms with Crippen LogP contribution in [0.4, 0.5) is 13.2 Å². The van der Waals surface area contributed by atoms with E-state index >= 15 is 0 Å². The first-order chi connectivity index (χ1) is 8.06. The van der Waals surface area contributed by atoms with E-state index in [1.807, 2.05) is 12.1 Å². The lowest BCUT2D eigenvalue weighted by Crippen LogP contribution is -2.12. The molecular weight excluding hydrogens is 247 g/mol. The molecule has 0 spiro atoms. The Morgan fingerprint density at radius 3 is 2.71 bits per heavy atom. The van der Waals surface area contributed by atoms with Crippen LogP contribution in [0.3, 0.4) is 0 Å². The molecule has 0 bridgehead atoms. The van der Waals surface area contributed by atoms with Gasteiger partial charge in [0.25, 0.3) is 0 Å². The Morgan fingerprint density at radius 1 is 1.29 bits per heavy atom. The molecule has 1 atom stereocenters. The molecule has 94 valence electrons. The van der Waals surface area contributed by atoms with Gasteiger partial charge in [-0.25, -0.2) is 0 Å². The van der Waals surface area contributed by atoms with E-state index in [9.17, 15) is 13.2 Å². The van der Waals surface area contributed by atoms with E-state index in [0.717, 1.165) is 41.7 Å². The average Bonchev–Trinajstić information content (AvgIpc) is 2.79. The quantitative estimate of drug-likeness (QED) is 0.837. The molecule has 1 aliphatic rings. The highest BCUT2D eigenvalue weighted by Crippen LogP contribution is 2.34. The molecular formula is C12H14F3NS. The Morgan fingerprint density at radius 2 is 2.06 bits per heavy atom. The molecule has 1 unspecified atom stereocenters. The van der Waals surface area contributed by atoms with Crippen molar-refractivity contribution in [1.82, 2.24) is 5.32 Å². The number of halogens is 3. The fraction of sp³-hybridized carbons (Fsp3) is 0.500. The number of hydrogen-bond donors (Lipinski definition) is 1. The molecule has 0 radical (unpaired) electrons. The van der Waals surface area contributed by atoms with Gasteiger partial charge in [0, 0.05) is 11.4 Å². The number of hydrogen-bond acceptors (Lipinski definition) is 2. The summed E-state index contributed by atoms with van der Waals surface area (Å²) in [4.78, 5) is 0.763. The minimum absolute atomic E-state index is 0.354. The molecule has 5 heteroatoms. The van der Waals surface area contributed by atoms with Gasteiger partial charge in [0.15, 0.2) is 0 Å². The Labute approximate surface area is 103 Å². The highest BCUT2D eigenvalue weighted by atomic mass is 32.2. The first-order valence-corrected chi connectivity index (χ1v) is 6.54. The third-order valence-corrected chi connectivity index (χ3v) is 3.96. The molecule has 2 rings (SSSR count). The van der Waals surface area contributed by atoms with Gasteiger partial charge in [-0.05, 0) is 30.5 Å². The number of alkyl halides is 3. The topological polar surface area (TPSA) is 12.0 Å². The zero-order valence-corrected chi connectivity index (χ0v) is 10.1. The van der Waals surface area contributed by atoms with Crippen LogP contribution in [0.1, 0.15) is 17.9 Å². The van der Waals surface area contributed by atoms with Crippen molar-refractivity contribution >= 4 is 11.8 Å². The number of benzene rings is 1. The van der Waals surface area contributed by atoms with Gasteiger partial charge >= 0.3 is 6.18 Å². The second-order valence-electron chi connectivity index (χ2n) is 4.13. The number of nitrogens with one attached hydrogen (secondary N) is 1. The van der Waals surface area contributed by atoms with Gasteiger partial charge < -0.3 is 5.32 Å². The van der Waals surface area contributed by atoms with Crippen LogP contribution in [-0.4, -0.2) is 25.0 Å². The Hall–Kier alpha value is -0.680. The molecule has 1 N–H and O–H groups in total. The number of thioether (sulfide) groups is 1. The molecule has 1 saturated heterocycles. The lowest BCUT2D eigenvalue weighted by Gasteiger charge is -2.15. The van der Waals surface area contributed by atoms with Crippen molar-refractivity contribution in [2.24, 2.45) is 0 Å². The summed E-state index contributed by atoms with van der Waals surface area (Å²) >= 11 is 0.888.